The molecule has 0 amide bonds. The van der Waals surface area contributed by atoms with E-state index in [1.165, 1.54) is 5.56 Å². The highest BCUT2D eigenvalue weighted by atomic mass is 79.9. The second-order valence-corrected chi connectivity index (χ2v) is 6.08. The van der Waals surface area contributed by atoms with Crippen LogP contribution in [0.15, 0.2) is 45.9 Å². The maximum Gasteiger partial charge on any atom is 0.341 e. The molecular weight excluding hydrogens is 386 g/mol. The smallest absolute Gasteiger partial charge is 0.341 e. The number of aliphatic imine (C=N–C) groups is 1. The molecule has 2 aromatic carbocycles. The summed E-state index contributed by atoms with van der Waals surface area (Å²) in [6, 6.07) is 11.6. The number of ether oxygens (including phenoxy) is 2. The average molecular weight is 406 g/mol. The molecule has 0 heterocycles. The summed E-state index contributed by atoms with van der Waals surface area (Å²) in [6.07, 6.45) is 2.72. The second-order valence-electron chi connectivity index (χ2n) is 5.22. The van der Waals surface area contributed by atoms with E-state index in [0.29, 0.717) is 22.6 Å². The Morgan fingerprint density at radius 3 is 2.52 bits per heavy atom. The summed E-state index contributed by atoms with van der Waals surface area (Å²) in [5.74, 6) is -0.204. The van der Waals surface area contributed by atoms with Gasteiger partial charge < -0.3 is 14.6 Å². The third-order valence-corrected chi connectivity index (χ3v) is 3.97. The van der Waals surface area contributed by atoms with Crippen LogP contribution in [0.5, 0.6) is 11.5 Å². The largest absolute Gasteiger partial charge is 0.490 e. The van der Waals surface area contributed by atoms with Gasteiger partial charge in [0.25, 0.3) is 0 Å². The monoisotopic (exact) mass is 405 g/mol. The van der Waals surface area contributed by atoms with E-state index in [4.69, 9.17) is 14.6 Å². The van der Waals surface area contributed by atoms with Crippen LogP contribution in [0.4, 0.5) is 5.69 Å². The third kappa shape index (κ3) is 5.60. The molecule has 25 heavy (non-hydrogen) atoms. The van der Waals surface area contributed by atoms with E-state index in [1.54, 1.807) is 12.3 Å². The predicted molar refractivity (Wildman–Crippen MR) is 102 cm³/mol. The van der Waals surface area contributed by atoms with Gasteiger partial charge in [-0.05, 0) is 64.7 Å². The third-order valence-electron chi connectivity index (χ3n) is 3.38. The highest BCUT2D eigenvalue weighted by molar-refractivity contribution is 9.10. The molecule has 0 aliphatic carbocycles. The molecule has 0 unspecified atom stereocenters. The normalized spacial score (nSPS) is 10.8. The molecule has 2 rings (SSSR count). The van der Waals surface area contributed by atoms with Gasteiger partial charge in [0.2, 0.25) is 0 Å². The van der Waals surface area contributed by atoms with Crippen molar-refractivity contribution in [3.05, 3.63) is 52.0 Å². The van der Waals surface area contributed by atoms with Crippen LogP contribution in [0.2, 0.25) is 0 Å². The molecule has 6 heteroatoms. The maximum atomic E-state index is 10.7. The van der Waals surface area contributed by atoms with Crippen molar-refractivity contribution in [2.45, 2.75) is 20.3 Å². The van der Waals surface area contributed by atoms with Crippen LogP contribution >= 0.6 is 15.9 Å². The van der Waals surface area contributed by atoms with Gasteiger partial charge in [-0.1, -0.05) is 19.1 Å². The van der Waals surface area contributed by atoms with Crippen molar-refractivity contribution < 1.29 is 19.4 Å². The number of carboxylic acid groups (broad SMARTS) is 1. The number of nitrogens with zero attached hydrogens (tertiary/aromatic N) is 1. The summed E-state index contributed by atoms with van der Waals surface area (Å²) in [5, 5.41) is 8.79. The Morgan fingerprint density at radius 2 is 1.92 bits per heavy atom. The summed E-state index contributed by atoms with van der Waals surface area (Å²) in [4.78, 5) is 15.2. The van der Waals surface area contributed by atoms with Crippen LogP contribution in [-0.2, 0) is 11.2 Å². The van der Waals surface area contributed by atoms with Gasteiger partial charge in [-0.25, -0.2) is 4.79 Å². The van der Waals surface area contributed by atoms with Gasteiger partial charge in [0.1, 0.15) is 0 Å². The molecule has 132 valence electrons. The SMILES string of the molecule is CCOc1cc(C=Nc2ccc(CC)cc2)cc(Br)c1OCC(=O)O. The lowest BCUT2D eigenvalue weighted by Crippen LogP contribution is -2.11. The van der Waals surface area contributed by atoms with Crippen LogP contribution in [0.3, 0.4) is 0 Å². The minimum Gasteiger partial charge on any atom is -0.490 e. The lowest BCUT2D eigenvalue weighted by Gasteiger charge is -2.13. The van der Waals surface area contributed by atoms with Gasteiger partial charge in [0.15, 0.2) is 18.1 Å². The van der Waals surface area contributed by atoms with Gasteiger partial charge >= 0.3 is 5.97 Å². The summed E-state index contributed by atoms with van der Waals surface area (Å²) in [6.45, 7) is 3.97. The number of benzene rings is 2. The first kappa shape index (κ1) is 19.0. The number of halogens is 1. The zero-order chi connectivity index (χ0) is 18.2. The molecule has 5 nitrogen and oxygen atoms in total. The molecule has 0 aliphatic rings. The van der Waals surface area contributed by atoms with Crippen molar-refractivity contribution in [2.75, 3.05) is 13.2 Å². The van der Waals surface area contributed by atoms with E-state index in [9.17, 15) is 4.79 Å². The molecule has 0 saturated heterocycles. The summed E-state index contributed by atoms with van der Waals surface area (Å²) in [5.41, 5.74) is 2.94. The van der Waals surface area contributed by atoms with Crippen molar-refractivity contribution in [2.24, 2.45) is 4.99 Å². The Kier molecular flexibility index (Phi) is 7.01. The molecule has 0 atom stereocenters. The van der Waals surface area contributed by atoms with Gasteiger partial charge in [-0.3, -0.25) is 4.99 Å². The second kappa shape index (κ2) is 9.22. The van der Waals surface area contributed by atoms with Crippen LogP contribution < -0.4 is 9.47 Å². The van der Waals surface area contributed by atoms with Crippen LogP contribution in [0, 0.1) is 0 Å². The van der Waals surface area contributed by atoms with E-state index in [-0.39, 0.29) is 0 Å². The molecule has 0 bridgehead atoms. The quantitative estimate of drug-likeness (QED) is 0.650. The Hall–Kier alpha value is -2.34. The predicted octanol–water partition coefficient (Wildman–Crippen LogP) is 4.62. The standard InChI is InChI=1S/C19H20BrNO4/c1-3-13-5-7-15(8-6-13)21-11-14-9-16(20)19(25-12-18(22)23)17(10-14)24-4-2/h5-11H,3-4,12H2,1-2H3,(H,22,23). The van der Waals surface area contributed by atoms with Crippen molar-refractivity contribution in [1.82, 2.24) is 0 Å². The number of rotatable bonds is 8. The number of carboxylic acids is 1. The minimum atomic E-state index is -1.05. The molecule has 0 saturated carbocycles. The van der Waals surface area contributed by atoms with Crippen LogP contribution in [0.25, 0.3) is 0 Å². The highest BCUT2D eigenvalue weighted by Gasteiger charge is 2.13. The zero-order valence-electron chi connectivity index (χ0n) is 14.2. The van der Waals surface area contributed by atoms with Crippen LogP contribution in [-0.4, -0.2) is 30.5 Å². The fourth-order valence-corrected chi connectivity index (χ4v) is 2.74. The van der Waals surface area contributed by atoms with Crippen molar-refractivity contribution in [3.8, 4) is 11.5 Å². The fraction of sp³-hybridized carbons (Fsp3) is 0.263. The molecule has 1 N–H and O–H groups in total. The van der Waals surface area contributed by atoms with E-state index in [0.717, 1.165) is 17.7 Å². The summed E-state index contributed by atoms with van der Waals surface area (Å²) < 4.78 is 11.5. The Bertz CT molecular complexity index is 757. The average Bonchev–Trinajstić information content (AvgIpc) is 2.59. The van der Waals surface area contributed by atoms with Gasteiger partial charge in [0.05, 0.1) is 16.8 Å². The number of aliphatic carboxylic acids is 1. The van der Waals surface area contributed by atoms with Crippen molar-refractivity contribution in [1.29, 1.82) is 0 Å². The van der Waals surface area contributed by atoms with Gasteiger partial charge in [-0.15, -0.1) is 0 Å². The van der Waals surface area contributed by atoms with Crippen molar-refractivity contribution >= 4 is 33.8 Å². The Morgan fingerprint density at radius 1 is 1.20 bits per heavy atom. The molecule has 0 radical (unpaired) electrons. The topological polar surface area (TPSA) is 68.1 Å². The lowest BCUT2D eigenvalue weighted by atomic mass is 10.1. The molecule has 0 fully saturated rings. The number of hydrogen-bond donors (Lipinski definition) is 1. The summed E-state index contributed by atoms with van der Waals surface area (Å²) in [7, 11) is 0. The van der Waals surface area contributed by atoms with E-state index >= 15 is 0 Å². The van der Waals surface area contributed by atoms with E-state index < -0.39 is 12.6 Å². The molecule has 0 aromatic heterocycles. The van der Waals surface area contributed by atoms with Gasteiger partial charge in [-0.2, -0.15) is 0 Å². The first-order chi connectivity index (χ1) is 12.0. The fourth-order valence-electron chi connectivity index (χ4n) is 2.17. The van der Waals surface area contributed by atoms with Gasteiger partial charge in [0, 0.05) is 6.21 Å². The van der Waals surface area contributed by atoms with Crippen molar-refractivity contribution in [3.63, 3.8) is 0 Å². The zero-order valence-corrected chi connectivity index (χ0v) is 15.7. The number of hydrogen-bond acceptors (Lipinski definition) is 4. The van der Waals surface area contributed by atoms with E-state index in [1.807, 2.05) is 25.1 Å². The molecule has 0 spiro atoms. The number of carbonyl (C=O) groups is 1. The highest BCUT2D eigenvalue weighted by Crippen LogP contribution is 2.36. The molecule has 2 aromatic rings. The maximum absolute atomic E-state index is 10.7. The van der Waals surface area contributed by atoms with E-state index in [2.05, 4.69) is 40.0 Å². The molecular formula is C19H20BrNO4. The minimum absolute atomic E-state index is 0.369. The Balaban J connectivity index is 2.25. The number of aryl methyl sites for hydroxylation is 1. The Labute approximate surface area is 155 Å². The first-order valence-corrected chi connectivity index (χ1v) is 8.76. The summed E-state index contributed by atoms with van der Waals surface area (Å²) >= 11 is 3.40. The molecule has 0 aliphatic heterocycles. The lowest BCUT2D eigenvalue weighted by molar-refractivity contribution is -0.139. The van der Waals surface area contributed by atoms with Crippen LogP contribution in [0.1, 0.15) is 25.0 Å². The first-order valence-electron chi connectivity index (χ1n) is 7.97.